The highest BCUT2D eigenvalue weighted by Gasteiger charge is 2.15. The lowest BCUT2D eigenvalue weighted by molar-refractivity contribution is 0.571. The molecule has 5 heteroatoms. The Morgan fingerprint density at radius 1 is 1.35 bits per heavy atom. The van der Waals surface area contributed by atoms with Gasteiger partial charge in [-0.25, -0.2) is 4.98 Å². The van der Waals surface area contributed by atoms with E-state index in [1.54, 1.807) is 0 Å². The molecule has 0 spiro atoms. The van der Waals surface area contributed by atoms with Crippen LogP contribution in [-0.2, 0) is 6.42 Å². The number of nitrogens with zero attached hydrogens (tertiary/aromatic N) is 2. The number of nitrogen functional groups attached to an aromatic ring is 1. The van der Waals surface area contributed by atoms with Crippen molar-refractivity contribution in [2.75, 3.05) is 5.73 Å². The second kappa shape index (κ2) is 5.11. The number of benzene rings is 1. The molecule has 2 aromatic heterocycles. The van der Waals surface area contributed by atoms with E-state index in [9.17, 15) is 0 Å². The van der Waals surface area contributed by atoms with Crippen molar-refractivity contribution in [3.63, 3.8) is 0 Å². The molecule has 0 aliphatic heterocycles. The van der Waals surface area contributed by atoms with Gasteiger partial charge in [0.1, 0.15) is 0 Å². The molecule has 0 saturated heterocycles. The van der Waals surface area contributed by atoms with Crippen LogP contribution in [0.3, 0.4) is 0 Å². The highest BCUT2D eigenvalue weighted by atomic mass is 35.5. The zero-order valence-corrected chi connectivity index (χ0v) is 13.0. The summed E-state index contributed by atoms with van der Waals surface area (Å²) in [5.74, 6) is 0.544. The summed E-state index contributed by atoms with van der Waals surface area (Å²) in [5, 5.41) is 0.706. The van der Waals surface area contributed by atoms with Crippen LogP contribution in [0.2, 0.25) is 5.02 Å². The first-order chi connectivity index (χ1) is 9.54. The van der Waals surface area contributed by atoms with Crippen molar-refractivity contribution in [1.29, 1.82) is 0 Å². The molecule has 1 atom stereocenters. The first-order valence-corrected chi connectivity index (χ1v) is 7.72. The van der Waals surface area contributed by atoms with Crippen LogP contribution in [0.15, 0.2) is 30.3 Å². The molecule has 1 aromatic carbocycles. The molecule has 2 N–H and O–H groups in total. The molecular formula is C15H16ClN3S. The zero-order chi connectivity index (χ0) is 14.3. The molecule has 0 bridgehead atoms. The van der Waals surface area contributed by atoms with E-state index in [4.69, 9.17) is 17.3 Å². The molecule has 0 aliphatic rings. The van der Waals surface area contributed by atoms with Crippen LogP contribution in [0.4, 0.5) is 5.95 Å². The summed E-state index contributed by atoms with van der Waals surface area (Å²) in [5.41, 5.74) is 7.96. The van der Waals surface area contributed by atoms with Gasteiger partial charge in [0, 0.05) is 27.2 Å². The Morgan fingerprint density at radius 2 is 2.15 bits per heavy atom. The highest BCUT2D eigenvalue weighted by molar-refractivity contribution is 7.11. The Kier molecular flexibility index (Phi) is 3.44. The van der Waals surface area contributed by atoms with E-state index in [0.717, 1.165) is 17.5 Å². The van der Waals surface area contributed by atoms with Gasteiger partial charge in [-0.3, -0.25) is 0 Å². The summed E-state index contributed by atoms with van der Waals surface area (Å²) in [6.07, 6.45) is 0.945. The van der Waals surface area contributed by atoms with Gasteiger partial charge >= 0.3 is 0 Å². The van der Waals surface area contributed by atoms with E-state index < -0.39 is 0 Å². The van der Waals surface area contributed by atoms with Crippen molar-refractivity contribution in [3.8, 4) is 0 Å². The predicted octanol–water partition coefficient (Wildman–Crippen LogP) is 4.45. The van der Waals surface area contributed by atoms with Crippen molar-refractivity contribution in [2.24, 2.45) is 0 Å². The van der Waals surface area contributed by atoms with Crippen LogP contribution in [0, 0.1) is 6.92 Å². The third-order valence-electron chi connectivity index (χ3n) is 3.41. The first-order valence-electron chi connectivity index (χ1n) is 6.53. The van der Waals surface area contributed by atoms with Crippen LogP contribution in [-0.4, -0.2) is 9.55 Å². The topological polar surface area (TPSA) is 43.8 Å². The van der Waals surface area contributed by atoms with Crippen LogP contribution >= 0.6 is 22.9 Å². The zero-order valence-electron chi connectivity index (χ0n) is 11.4. The standard InChI is InChI=1S/C15H16ClN3S/c1-9(7-12-5-3-10(2)20-12)19-14-8-11(16)4-6-13(14)18-15(19)17/h3-6,8-9H,7H2,1-2H3,(H2,17,18). The van der Waals surface area contributed by atoms with E-state index in [-0.39, 0.29) is 6.04 Å². The van der Waals surface area contributed by atoms with Crippen molar-refractivity contribution < 1.29 is 0 Å². The Bertz CT molecular complexity index is 760. The number of rotatable bonds is 3. The summed E-state index contributed by atoms with van der Waals surface area (Å²) in [7, 11) is 0. The second-order valence-electron chi connectivity index (χ2n) is 5.04. The molecule has 0 saturated carbocycles. The number of anilines is 1. The van der Waals surface area contributed by atoms with Gasteiger partial charge in [-0.05, 0) is 44.2 Å². The number of thiophene rings is 1. The minimum atomic E-state index is 0.247. The van der Waals surface area contributed by atoms with E-state index >= 15 is 0 Å². The third kappa shape index (κ3) is 2.41. The third-order valence-corrected chi connectivity index (χ3v) is 4.67. The Labute approximate surface area is 127 Å². The van der Waals surface area contributed by atoms with Crippen LogP contribution < -0.4 is 5.73 Å². The lowest BCUT2D eigenvalue weighted by atomic mass is 10.2. The number of halogens is 1. The normalized spacial score (nSPS) is 12.9. The largest absolute Gasteiger partial charge is 0.369 e. The molecule has 0 radical (unpaired) electrons. The fourth-order valence-corrected chi connectivity index (χ4v) is 3.70. The van der Waals surface area contributed by atoms with Crippen molar-refractivity contribution in [2.45, 2.75) is 26.3 Å². The van der Waals surface area contributed by atoms with Gasteiger partial charge in [0.25, 0.3) is 0 Å². The molecule has 3 nitrogen and oxygen atoms in total. The van der Waals surface area contributed by atoms with Gasteiger partial charge in [-0.15, -0.1) is 11.3 Å². The summed E-state index contributed by atoms with van der Waals surface area (Å²) < 4.78 is 2.07. The number of hydrogen-bond acceptors (Lipinski definition) is 3. The second-order valence-corrected chi connectivity index (χ2v) is 6.85. The molecule has 2 heterocycles. The van der Waals surface area contributed by atoms with Crippen molar-refractivity contribution in [3.05, 3.63) is 45.1 Å². The van der Waals surface area contributed by atoms with Crippen molar-refractivity contribution >= 4 is 39.9 Å². The fraction of sp³-hybridized carbons (Fsp3) is 0.267. The molecule has 0 amide bonds. The van der Waals surface area contributed by atoms with Crippen LogP contribution in [0.25, 0.3) is 11.0 Å². The maximum atomic E-state index is 6.09. The van der Waals surface area contributed by atoms with Crippen LogP contribution in [0.5, 0.6) is 0 Å². The molecular weight excluding hydrogens is 290 g/mol. The summed E-state index contributed by atoms with van der Waals surface area (Å²) in [6.45, 7) is 4.28. The quantitative estimate of drug-likeness (QED) is 0.777. The molecule has 3 rings (SSSR count). The number of fused-ring (bicyclic) bond motifs is 1. The van der Waals surface area contributed by atoms with Crippen molar-refractivity contribution in [1.82, 2.24) is 9.55 Å². The van der Waals surface area contributed by atoms with E-state index in [0.29, 0.717) is 11.0 Å². The van der Waals surface area contributed by atoms with Gasteiger partial charge in [0.05, 0.1) is 11.0 Å². The molecule has 0 aliphatic carbocycles. The Morgan fingerprint density at radius 3 is 2.85 bits per heavy atom. The minimum Gasteiger partial charge on any atom is -0.369 e. The number of imidazole rings is 1. The van der Waals surface area contributed by atoms with E-state index in [2.05, 4.69) is 35.5 Å². The number of aromatic nitrogens is 2. The Balaban J connectivity index is 2.00. The molecule has 104 valence electrons. The Hall–Kier alpha value is -1.52. The van der Waals surface area contributed by atoms with E-state index in [1.165, 1.54) is 9.75 Å². The lowest BCUT2D eigenvalue weighted by Gasteiger charge is -2.15. The summed E-state index contributed by atoms with van der Waals surface area (Å²) in [6, 6.07) is 10.3. The van der Waals surface area contributed by atoms with Gasteiger partial charge in [-0.1, -0.05) is 11.6 Å². The highest BCUT2D eigenvalue weighted by Crippen LogP contribution is 2.28. The van der Waals surface area contributed by atoms with Crippen LogP contribution in [0.1, 0.15) is 22.7 Å². The summed E-state index contributed by atoms with van der Waals surface area (Å²) >= 11 is 7.92. The van der Waals surface area contributed by atoms with Gasteiger partial charge in [-0.2, -0.15) is 0 Å². The van der Waals surface area contributed by atoms with Gasteiger partial charge < -0.3 is 10.3 Å². The SMILES string of the molecule is Cc1ccc(CC(C)n2c(N)nc3ccc(Cl)cc32)s1. The number of nitrogens with two attached hydrogens (primary N) is 1. The van der Waals surface area contributed by atoms with Gasteiger partial charge in [0.2, 0.25) is 5.95 Å². The molecule has 1 unspecified atom stereocenters. The molecule has 20 heavy (non-hydrogen) atoms. The molecule has 0 fully saturated rings. The van der Waals surface area contributed by atoms with Gasteiger partial charge in [0.15, 0.2) is 0 Å². The molecule has 3 aromatic rings. The monoisotopic (exact) mass is 305 g/mol. The number of aryl methyl sites for hydroxylation is 1. The lowest BCUT2D eigenvalue weighted by Crippen LogP contribution is -2.10. The van der Waals surface area contributed by atoms with E-state index in [1.807, 2.05) is 29.5 Å². The average Bonchev–Trinajstić information content (AvgIpc) is 2.91. The maximum Gasteiger partial charge on any atom is 0.201 e. The first kappa shape index (κ1) is 13.5. The fourth-order valence-electron chi connectivity index (χ4n) is 2.53. The summed E-state index contributed by atoms with van der Waals surface area (Å²) in [4.78, 5) is 7.10. The maximum absolute atomic E-state index is 6.09. The average molecular weight is 306 g/mol. The number of hydrogen-bond donors (Lipinski definition) is 1. The predicted molar refractivity (Wildman–Crippen MR) is 86.6 cm³/mol. The minimum absolute atomic E-state index is 0.247. The smallest absolute Gasteiger partial charge is 0.201 e.